The summed E-state index contributed by atoms with van der Waals surface area (Å²) in [7, 11) is 3.44. The summed E-state index contributed by atoms with van der Waals surface area (Å²) in [6.45, 7) is 0. The van der Waals surface area contributed by atoms with Crippen molar-refractivity contribution in [2.75, 3.05) is 19.4 Å². The van der Waals surface area contributed by atoms with Crippen LogP contribution in [0.1, 0.15) is 22.3 Å². The molecule has 136 valence electrons. The fourth-order valence-corrected chi connectivity index (χ4v) is 2.47. The highest BCUT2D eigenvalue weighted by molar-refractivity contribution is 7.80. The predicted molar refractivity (Wildman–Crippen MR) is 104 cm³/mol. The van der Waals surface area contributed by atoms with Crippen LogP contribution in [0, 0.1) is 5.82 Å². The van der Waals surface area contributed by atoms with Crippen LogP contribution in [0.15, 0.2) is 48.5 Å². The lowest BCUT2D eigenvalue weighted by molar-refractivity contribution is -0.128. The number of hydrogen-bond acceptors (Lipinski definition) is 3. The molecule has 0 bridgehead atoms. The summed E-state index contributed by atoms with van der Waals surface area (Å²) in [5.74, 6) is -1.18. The molecule has 2 aromatic carbocycles. The van der Waals surface area contributed by atoms with E-state index in [0.29, 0.717) is 18.5 Å². The molecule has 0 saturated heterocycles. The van der Waals surface area contributed by atoms with Gasteiger partial charge in [-0.1, -0.05) is 24.3 Å². The Morgan fingerprint density at radius 2 is 1.85 bits per heavy atom. The third-order valence-electron chi connectivity index (χ3n) is 3.66. The third-order valence-corrected chi connectivity index (χ3v) is 3.86. The Hall–Kier alpha value is -2.80. The molecule has 2 amide bonds. The standard InChI is InChI=1S/C19H20FN3O2S/c1-23(2)17(24)11-10-13-6-5-7-14(12-13)21-19(26)22-18(25)15-8-3-4-9-16(15)20/h3-9,12H,10-11H2,1-2H3,(H2,21,22,25,26). The first-order valence-corrected chi connectivity index (χ1v) is 8.43. The van der Waals surface area contributed by atoms with Gasteiger partial charge in [-0.05, 0) is 48.5 Å². The van der Waals surface area contributed by atoms with E-state index < -0.39 is 11.7 Å². The van der Waals surface area contributed by atoms with E-state index in [0.717, 1.165) is 5.56 Å². The van der Waals surface area contributed by atoms with Crippen LogP contribution in [0.25, 0.3) is 0 Å². The van der Waals surface area contributed by atoms with Gasteiger partial charge in [0.2, 0.25) is 5.91 Å². The van der Waals surface area contributed by atoms with Crippen molar-refractivity contribution < 1.29 is 14.0 Å². The number of hydrogen-bond donors (Lipinski definition) is 2. The van der Waals surface area contributed by atoms with Crippen LogP contribution in [0.4, 0.5) is 10.1 Å². The Bertz CT molecular complexity index is 824. The van der Waals surface area contributed by atoms with E-state index in [4.69, 9.17) is 12.2 Å². The van der Waals surface area contributed by atoms with Gasteiger partial charge in [0.05, 0.1) is 5.56 Å². The molecular weight excluding hydrogens is 353 g/mol. The lowest BCUT2D eigenvalue weighted by atomic mass is 10.1. The first-order valence-electron chi connectivity index (χ1n) is 8.03. The Kier molecular flexibility index (Phi) is 6.80. The molecule has 0 saturated carbocycles. The summed E-state index contributed by atoms with van der Waals surface area (Å²) in [6.07, 6.45) is 1.01. The molecule has 2 aromatic rings. The number of benzene rings is 2. The Balaban J connectivity index is 1.94. The van der Waals surface area contributed by atoms with Gasteiger partial charge in [-0.3, -0.25) is 14.9 Å². The largest absolute Gasteiger partial charge is 0.349 e. The molecule has 0 radical (unpaired) electrons. The molecule has 2 rings (SSSR count). The van der Waals surface area contributed by atoms with Gasteiger partial charge >= 0.3 is 0 Å². The molecule has 0 aliphatic heterocycles. The first kappa shape index (κ1) is 19.5. The number of carbonyl (C=O) groups excluding carboxylic acids is 2. The minimum Gasteiger partial charge on any atom is -0.349 e. The van der Waals surface area contributed by atoms with Gasteiger partial charge in [-0.25, -0.2) is 4.39 Å². The number of carbonyl (C=O) groups is 2. The van der Waals surface area contributed by atoms with E-state index in [1.807, 2.05) is 18.2 Å². The van der Waals surface area contributed by atoms with Gasteiger partial charge in [0.25, 0.3) is 5.91 Å². The first-order chi connectivity index (χ1) is 12.4. The fourth-order valence-electron chi connectivity index (χ4n) is 2.26. The summed E-state index contributed by atoms with van der Waals surface area (Å²) in [5.41, 5.74) is 1.57. The number of amides is 2. The molecular formula is C19H20FN3O2S. The summed E-state index contributed by atoms with van der Waals surface area (Å²) < 4.78 is 13.6. The highest BCUT2D eigenvalue weighted by atomic mass is 32.1. The van der Waals surface area contributed by atoms with Gasteiger partial charge in [0, 0.05) is 26.2 Å². The van der Waals surface area contributed by atoms with Crippen LogP contribution in [-0.4, -0.2) is 35.9 Å². The predicted octanol–water partition coefficient (Wildman–Crippen LogP) is 2.97. The Morgan fingerprint density at radius 1 is 1.12 bits per heavy atom. The lowest BCUT2D eigenvalue weighted by Crippen LogP contribution is -2.34. The number of rotatable bonds is 5. The minimum absolute atomic E-state index is 0.0519. The molecule has 0 aliphatic carbocycles. The molecule has 0 unspecified atom stereocenters. The third kappa shape index (κ3) is 5.63. The SMILES string of the molecule is CN(C)C(=O)CCc1cccc(NC(=S)NC(=O)c2ccccc2F)c1. The van der Waals surface area contributed by atoms with Crippen molar-refractivity contribution in [2.24, 2.45) is 0 Å². The van der Waals surface area contributed by atoms with Gasteiger partial charge in [-0.2, -0.15) is 0 Å². The molecule has 0 spiro atoms. The number of thiocarbonyl (C=S) groups is 1. The molecule has 0 aliphatic rings. The van der Waals surface area contributed by atoms with Crippen molar-refractivity contribution in [3.8, 4) is 0 Å². The molecule has 0 atom stereocenters. The molecule has 5 nitrogen and oxygen atoms in total. The maximum atomic E-state index is 13.6. The van der Waals surface area contributed by atoms with Gasteiger partial charge < -0.3 is 10.2 Å². The maximum Gasteiger partial charge on any atom is 0.260 e. The van der Waals surface area contributed by atoms with Crippen molar-refractivity contribution in [3.05, 3.63) is 65.5 Å². The highest BCUT2D eigenvalue weighted by Gasteiger charge is 2.12. The van der Waals surface area contributed by atoms with Crippen molar-refractivity contribution in [2.45, 2.75) is 12.8 Å². The van der Waals surface area contributed by atoms with Crippen LogP contribution < -0.4 is 10.6 Å². The summed E-state index contributed by atoms with van der Waals surface area (Å²) >= 11 is 5.11. The topological polar surface area (TPSA) is 61.4 Å². The number of anilines is 1. The molecule has 2 N–H and O–H groups in total. The number of halogens is 1. The monoisotopic (exact) mass is 373 g/mol. The van der Waals surface area contributed by atoms with E-state index in [2.05, 4.69) is 10.6 Å². The molecule has 0 heterocycles. The van der Waals surface area contributed by atoms with Crippen molar-refractivity contribution in [1.29, 1.82) is 0 Å². The Morgan fingerprint density at radius 3 is 2.54 bits per heavy atom. The molecule has 26 heavy (non-hydrogen) atoms. The maximum absolute atomic E-state index is 13.6. The van der Waals surface area contributed by atoms with Gasteiger partial charge in [-0.15, -0.1) is 0 Å². The van der Waals surface area contributed by atoms with Gasteiger partial charge in [0.1, 0.15) is 5.82 Å². The van der Waals surface area contributed by atoms with E-state index in [1.165, 1.54) is 18.2 Å². The van der Waals surface area contributed by atoms with Crippen LogP contribution in [-0.2, 0) is 11.2 Å². The second-order valence-electron chi connectivity index (χ2n) is 5.88. The minimum atomic E-state index is -0.617. The summed E-state index contributed by atoms with van der Waals surface area (Å²) in [5, 5.41) is 5.41. The molecule has 7 heteroatoms. The smallest absolute Gasteiger partial charge is 0.260 e. The Labute approximate surface area is 157 Å². The van der Waals surface area contributed by atoms with Crippen LogP contribution in [0.3, 0.4) is 0 Å². The average molecular weight is 373 g/mol. The van der Waals surface area contributed by atoms with E-state index in [9.17, 15) is 14.0 Å². The van der Waals surface area contributed by atoms with Crippen LogP contribution in [0.5, 0.6) is 0 Å². The van der Waals surface area contributed by atoms with E-state index in [-0.39, 0.29) is 16.6 Å². The van der Waals surface area contributed by atoms with Gasteiger partial charge in [0.15, 0.2) is 5.11 Å². The zero-order valence-electron chi connectivity index (χ0n) is 14.6. The summed E-state index contributed by atoms with van der Waals surface area (Å²) in [6, 6.07) is 13.1. The molecule has 0 aromatic heterocycles. The average Bonchev–Trinajstić information content (AvgIpc) is 2.60. The zero-order valence-corrected chi connectivity index (χ0v) is 15.4. The fraction of sp³-hybridized carbons (Fsp3) is 0.211. The van der Waals surface area contributed by atoms with E-state index >= 15 is 0 Å². The molecule has 0 fully saturated rings. The highest BCUT2D eigenvalue weighted by Crippen LogP contribution is 2.13. The van der Waals surface area contributed by atoms with Crippen molar-refractivity contribution in [1.82, 2.24) is 10.2 Å². The van der Waals surface area contributed by atoms with E-state index in [1.54, 1.807) is 31.1 Å². The van der Waals surface area contributed by atoms with Crippen LogP contribution in [0.2, 0.25) is 0 Å². The summed E-state index contributed by atoms with van der Waals surface area (Å²) in [4.78, 5) is 25.3. The van der Waals surface area contributed by atoms with Crippen molar-refractivity contribution >= 4 is 34.8 Å². The lowest BCUT2D eigenvalue weighted by Gasteiger charge is -2.12. The number of aryl methyl sites for hydroxylation is 1. The quantitative estimate of drug-likeness (QED) is 0.791. The number of nitrogens with zero attached hydrogens (tertiary/aromatic N) is 1. The van der Waals surface area contributed by atoms with Crippen molar-refractivity contribution in [3.63, 3.8) is 0 Å². The second-order valence-corrected chi connectivity index (χ2v) is 6.28. The number of nitrogens with one attached hydrogen (secondary N) is 2. The zero-order chi connectivity index (χ0) is 19.1. The normalized spacial score (nSPS) is 10.1. The second kappa shape index (κ2) is 9.05. The van der Waals surface area contributed by atoms with Crippen LogP contribution >= 0.6 is 12.2 Å².